The predicted molar refractivity (Wildman–Crippen MR) is 185 cm³/mol. The number of carbonyl (C=O) groups is 2. The molecule has 0 spiro atoms. The van der Waals surface area contributed by atoms with Gasteiger partial charge in [-0.05, 0) is 57.2 Å². The number of hydrogen-bond donors (Lipinski definition) is 3. The van der Waals surface area contributed by atoms with Gasteiger partial charge in [0.1, 0.15) is 11.6 Å². The molecule has 12 nitrogen and oxygen atoms in total. The lowest BCUT2D eigenvalue weighted by atomic mass is 9.92. The number of hydrogen-bond acceptors (Lipinski definition) is 7. The zero-order valence-corrected chi connectivity index (χ0v) is 28.7. The van der Waals surface area contributed by atoms with Crippen LogP contribution in [0.1, 0.15) is 53.6 Å². The number of benzene rings is 2. The summed E-state index contributed by atoms with van der Waals surface area (Å²) in [6.45, 7) is 14.8. The maximum atomic E-state index is 13.1. The molecule has 0 aliphatic carbocycles. The van der Waals surface area contributed by atoms with Crippen molar-refractivity contribution in [2.24, 2.45) is 0 Å². The van der Waals surface area contributed by atoms with Gasteiger partial charge in [0, 0.05) is 43.2 Å². The second kappa shape index (κ2) is 14.3. The number of anilines is 3. The summed E-state index contributed by atoms with van der Waals surface area (Å²) in [6, 6.07) is 21.1. The maximum absolute atomic E-state index is 13.1. The van der Waals surface area contributed by atoms with E-state index in [1.165, 1.54) is 0 Å². The molecule has 1 aliphatic rings. The van der Waals surface area contributed by atoms with Gasteiger partial charge in [-0.3, -0.25) is 14.7 Å². The average Bonchev–Trinajstić information content (AvgIpc) is 3.42. The molecular weight excluding hydrogens is 618 g/mol. The molecule has 2 aromatic heterocycles. The van der Waals surface area contributed by atoms with E-state index in [4.69, 9.17) is 14.6 Å². The van der Waals surface area contributed by atoms with Crippen LogP contribution < -0.4 is 15.5 Å². The molecule has 0 radical (unpaired) electrons. The summed E-state index contributed by atoms with van der Waals surface area (Å²) in [5, 5.41) is 10.7. The standard InChI is InChI=1S/C33H39N7O2.CH4O3S/c1-22-10-12-26(13-11-22)40-30(21-28(37-40)33(4,5)6)36-32(42)35-27-14-15-29(34-24(27)3)38-16-18-39(19-17-38)31(41)25-9-7-8-23(2)20-25;1-5(2,3)4/h7-15,20-21H,16-19H2,1-6H3,(H2,35,36,42);1H3,(H,2,3,4). The van der Waals surface area contributed by atoms with Crippen LogP contribution in [-0.2, 0) is 15.5 Å². The van der Waals surface area contributed by atoms with Crippen molar-refractivity contribution in [1.29, 1.82) is 0 Å². The summed E-state index contributed by atoms with van der Waals surface area (Å²) in [7, 11) is -3.67. The van der Waals surface area contributed by atoms with Gasteiger partial charge in [0.15, 0.2) is 0 Å². The molecule has 1 fully saturated rings. The van der Waals surface area contributed by atoms with Crippen LogP contribution in [0.5, 0.6) is 0 Å². The molecule has 0 atom stereocenters. The Balaban J connectivity index is 0.000000930. The third kappa shape index (κ3) is 9.87. The first-order chi connectivity index (χ1) is 22.0. The fourth-order valence-electron chi connectivity index (χ4n) is 4.94. The molecule has 3 amide bonds. The SMILES string of the molecule is CS(=O)(=O)O.Cc1ccc(-n2nc(C(C)(C)C)cc2NC(=O)Nc2ccc(N3CCN(C(=O)c4cccc(C)c4)CC3)nc2C)cc1. The molecule has 1 saturated heterocycles. The summed E-state index contributed by atoms with van der Waals surface area (Å²) in [6.07, 6.45) is 0.715. The van der Waals surface area contributed by atoms with Crippen LogP contribution in [-0.4, -0.2) is 77.0 Å². The van der Waals surface area contributed by atoms with E-state index in [1.54, 1.807) is 4.68 Å². The first-order valence-electron chi connectivity index (χ1n) is 15.2. The van der Waals surface area contributed by atoms with E-state index in [0.717, 1.165) is 33.9 Å². The number of amides is 3. The highest BCUT2D eigenvalue weighted by molar-refractivity contribution is 7.85. The van der Waals surface area contributed by atoms with Crippen molar-refractivity contribution in [2.45, 2.75) is 47.0 Å². The summed E-state index contributed by atoms with van der Waals surface area (Å²) in [4.78, 5) is 34.9. The van der Waals surface area contributed by atoms with E-state index in [2.05, 4.69) is 36.3 Å². The van der Waals surface area contributed by atoms with E-state index >= 15 is 0 Å². The normalized spacial score (nSPS) is 13.4. The predicted octanol–water partition coefficient (Wildman–Crippen LogP) is 5.60. The average molecular weight is 662 g/mol. The quantitative estimate of drug-likeness (QED) is 0.234. The lowest BCUT2D eigenvalue weighted by Gasteiger charge is -2.35. The van der Waals surface area contributed by atoms with E-state index in [0.29, 0.717) is 49.6 Å². The number of pyridine rings is 1. The Hall–Kier alpha value is -4.75. The molecule has 4 aromatic rings. The Morgan fingerprint density at radius 2 is 1.49 bits per heavy atom. The largest absolute Gasteiger partial charge is 0.353 e. The molecule has 3 N–H and O–H groups in total. The monoisotopic (exact) mass is 661 g/mol. The van der Waals surface area contributed by atoms with Crippen molar-refractivity contribution >= 4 is 39.4 Å². The van der Waals surface area contributed by atoms with Crippen LogP contribution in [0, 0.1) is 20.8 Å². The van der Waals surface area contributed by atoms with E-state index in [-0.39, 0.29) is 17.4 Å². The lowest BCUT2D eigenvalue weighted by Crippen LogP contribution is -2.49. The zero-order valence-electron chi connectivity index (χ0n) is 27.9. The van der Waals surface area contributed by atoms with Gasteiger partial charge in [-0.15, -0.1) is 0 Å². The minimum atomic E-state index is -3.67. The zero-order chi connectivity index (χ0) is 34.5. The minimum absolute atomic E-state index is 0.0615. The second-order valence-electron chi connectivity index (χ2n) is 12.7. The Labute approximate surface area is 276 Å². The van der Waals surface area contributed by atoms with Gasteiger partial charge >= 0.3 is 6.03 Å². The van der Waals surface area contributed by atoms with Gasteiger partial charge in [0.2, 0.25) is 0 Å². The molecular formula is C34H43N7O5S. The Morgan fingerprint density at radius 3 is 2.06 bits per heavy atom. The highest BCUT2D eigenvalue weighted by Gasteiger charge is 2.24. The number of aryl methyl sites for hydroxylation is 3. The fourth-order valence-corrected chi connectivity index (χ4v) is 4.94. The first-order valence-corrected chi connectivity index (χ1v) is 17.1. The van der Waals surface area contributed by atoms with E-state index in [9.17, 15) is 18.0 Å². The highest BCUT2D eigenvalue weighted by atomic mass is 32.2. The van der Waals surface area contributed by atoms with Gasteiger partial charge in [0.25, 0.3) is 16.0 Å². The smallest absolute Gasteiger partial charge is 0.324 e. The summed E-state index contributed by atoms with van der Waals surface area (Å²) in [5.41, 5.74) is 5.85. The topological polar surface area (TPSA) is 150 Å². The molecule has 0 saturated carbocycles. The number of urea groups is 1. The summed E-state index contributed by atoms with van der Waals surface area (Å²) >= 11 is 0. The number of nitrogens with zero attached hydrogens (tertiary/aromatic N) is 5. The molecule has 5 rings (SSSR count). The van der Waals surface area contributed by atoms with Gasteiger partial charge in [-0.25, -0.2) is 14.5 Å². The first kappa shape index (κ1) is 35.1. The van der Waals surface area contributed by atoms with Gasteiger partial charge in [0.05, 0.1) is 29.0 Å². The molecule has 0 bridgehead atoms. The Kier molecular flexibility index (Phi) is 10.7. The van der Waals surface area contributed by atoms with E-state index < -0.39 is 10.1 Å². The van der Waals surface area contributed by atoms with Crippen LogP contribution >= 0.6 is 0 Å². The molecule has 1 aliphatic heterocycles. The molecule has 2 aromatic carbocycles. The van der Waals surface area contributed by atoms with E-state index in [1.807, 2.05) is 92.4 Å². The van der Waals surface area contributed by atoms with Gasteiger partial charge in [-0.2, -0.15) is 13.5 Å². The van der Waals surface area contributed by atoms with Crippen molar-refractivity contribution in [3.8, 4) is 5.69 Å². The Bertz CT molecular complexity index is 1830. The van der Waals surface area contributed by atoms with Crippen LogP contribution in [0.2, 0.25) is 0 Å². The number of piperazine rings is 1. The summed E-state index contributed by atoms with van der Waals surface area (Å²) in [5.74, 6) is 1.47. The molecule has 13 heteroatoms. The lowest BCUT2D eigenvalue weighted by molar-refractivity contribution is 0.0746. The number of carbonyl (C=O) groups excluding carboxylic acids is 2. The highest BCUT2D eigenvalue weighted by Crippen LogP contribution is 2.27. The fraction of sp³-hybridized carbons (Fsp3) is 0.353. The van der Waals surface area contributed by atoms with Crippen molar-refractivity contribution in [2.75, 3.05) is 48.0 Å². The molecule has 250 valence electrons. The second-order valence-corrected chi connectivity index (χ2v) is 14.1. The third-order valence-corrected chi connectivity index (χ3v) is 7.47. The van der Waals surface area contributed by atoms with Crippen LogP contribution in [0.4, 0.5) is 22.1 Å². The molecule has 3 heterocycles. The third-order valence-electron chi connectivity index (χ3n) is 7.47. The van der Waals surface area contributed by atoms with Crippen LogP contribution in [0.15, 0.2) is 66.7 Å². The maximum Gasteiger partial charge on any atom is 0.324 e. The molecule has 0 unspecified atom stereocenters. The van der Waals surface area contributed by atoms with Crippen molar-refractivity contribution in [3.05, 3.63) is 94.8 Å². The number of rotatable bonds is 5. The van der Waals surface area contributed by atoms with Crippen LogP contribution in [0.25, 0.3) is 5.69 Å². The molecule has 47 heavy (non-hydrogen) atoms. The van der Waals surface area contributed by atoms with Crippen molar-refractivity contribution in [3.63, 3.8) is 0 Å². The van der Waals surface area contributed by atoms with Gasteiger partial charge < -0.3 is 15.1 Å². The van der Waals surface area contributed by atoms with Crippen molar-refractivity contribution in [1.82, 2.24) is 19.7 Å². The van der Waals surface area contributed by atoms with Crippen molar-refractivity contribution < 1.29 is 22.6 Å². The number of aromatic nitrogens is 3. The van der Waals surface area contributed by atoms with Gasteiger partial charge in [-0.1, -0.05) is 56.2 Å². The van der Waals surface area contributed by atoms with Crippen LogP contribution in [0.3, 0.4) is 0 Å². The number of nitrogens with one attached hydrogen (secondary N) is 2. The minimum Gasteiger partial charge on any atom is -0.353 e. The Morgan fingerprint density at radius 1 is 0.851 bits per heavy atom. The summed E-state index contributed by atoms with van der Waals surface area (Å²) < 4.78 is 27.6.